The van der Waals surface area contributed by atoms with Crippen LogP contribution in [0.15, 0.2) is 58.5 Å². The van der Waals surface area contributed by atoms with Gasteiger partial charge in [0.25, 0.3) is 5.91 Å². The van der Waals surface area contributed by atoms with Crippen molar-refractivity contribution in [2.75, 3.05) is 11.9 Å². The highest BCUT2D eigenvalue weighted by Gasteiger charge is 2.29. The highest BCUT2D eigenvalue weighted by Crippen LogP contribution is 2.24. The Kier molecular flexibility index (Phi) is 8.92. The summed E-state index contributed by atoms with van der Waals surface area (Å²) in [5.74, 6) is -4.28. The van der Waals surface area contributed by atoms with Crippen LogP contribution in [-0.4, -0.2) is 47.5 Å². The number of rotatable bonds is 10. The topological polar surface area (TPSA) is 159 Å². The third-order valence-electron chi connectivity index (χ3n) is 6.74. The number of sulfonamides is 1. The molecule has 0 radical (unpaired) electrons. The number of nitrogens with zero attached hydrogens (tertiary/aromatic N) is 2. The fraction of sp³-hybridized carbons (Fsp3) is 0.241. The van der Waals surface area contributed by atoms with E-state index in [9.17, 15) is 32.3 Å². The number of benzene rings is 2. The molecule has 4 aromatic rings. The fourth-order valence-electron chi connectivity index (χ4n) is 4.90. The number of hydrogen-bond donors (Lipinski definition) is 4. The standard InChI is InChI=1S/C29H29F2N5O6S/c1-15-9-16(2)27(17(3)10-15)43(41,42)35-22(29(39)40)13-34-28(38)20-14-36(4)25-18(26(20)37)11-21(30)19(24(25)31)12-33-23-7-5-6-8-32-23/h5-11,14,22,35H,12-13H2,1-4H3,(H,32,33)(H,34,38)(H,39,40). The average Bonchev–Trinajstić information content (AvgIpc) is 2.92. The van der Waals surface area contributed by atoms with Crippen LogP contribution in [-0.2, 0) is 28.4 Å². The van der Waals surface area contributed by atoms with E-state index in [4.69, 9.17) is 0 Å². The molecule has 0 saturated heterocycles. The van der Waals surface area contributed by atoms with Crippen LogP contribution < -0.4 is 20.8 Å². The van der Waals surface area contributed by atoms with E-state index in [2.05, 4.69) is 20.3 Å². The summed E-state index contributed by atoms with van der Waals surface area (Å²) in [6.07, 6.45) is 2.54. The van der Waals surface area contributed by atoms with Gasteiger partial charge in [0.05, 0.1) is 15.8 Å². The van der Waals surface area contributed by atoms with Gasteiger partial charge in [-0.15, -0.1) is 0 Å². The van der Waals surface area contributed by atoms with Gasteiger partial charge < -0.3 is 20.3 Å². The first-order chi connectivity index (χ1) is 20.2. The Hall–Kier alpha value is -4.69. The van der Waals surface area contributed by atoms with E-state index in [0.29, 0.717) is 16.9 Å². The second-order valence-electron chi connectivity index (χ2n) is 10.0. The van der Waals surface area contributed by atoms with Gasteiger partial charge in [-0.3, -0.25) is 14.4 Å². The quantitative estimate of drug-likeness (QED) is 0.213. The van der Waals surface area contributed by atoms with Crippen molar-refractivity contribution < 1.29 is 31.9 Å². The monoisotopic (exact) mass is 613 g/mol. The van der Waals surface area contributed by atoms with Gasteiger partial charge in [-0.25, -0.2) is 22.2 Å². The Bertz CT molecular complexity index is 1890. The summed E-state index contributed by atoms with van der Waals surface area (Å²) < 4.78 is 59.7. The third kappa shape index (κ3) is 6.54. The minimum Gasteiger partial charge on any atom is -0.480 e. The molecule has 2 heterocycles. The molecule has 1 amide bonds. The van der Waals surface area contributed by atoms with E-state index >= 15 is 4.39 Å². The molecule has 226 valence electrons. The van der Waals surface area contributed by atoms with Gasteiger partial charge >= 0.3 is 5.97 Å². The molecule has 4 N–H and O–H groups in total. The van der Waals surface area contributed by atoms with Crippen molar-refractivity contribution in [2.24, 2.45) is 7.05 Å². The first-order valence-electron chi connectivity index (χ1n) is 13.0. The van der Waals surface area contributed by atoms with Gasteiger partial charge in [0.1, 0.15) is 23.2 Å². The van der Waals surface area contributed by atoms with Gasteiger partial charge in [-0.05, 0) is 50.1 Å². The normalized spacial score (nSPS) is 12.2. The zero-order valence-corrected chi connectivity index (χ0v) is 24.5. The molecule has 0 saturated carbocycles. The summed E-state index contributed by atoms with van der Waals surface area (Å²) in [5, 5.41) is 14.3. The number of fused-ring (bicyclic) bond motifs is 1. The molecule has 0 bridgehead atoms. The van der Waals surface area contributed by atoms with Gasteiger partial charge in [0.15, 0.2) is 5.82 Å². The average molecular weight is 614 g/mol. The Labute approximate surface area is 245 Å². The maximum Gasteiger partial charge on any atom is 0.323 e. The molecule has 0 aliphatic carbocycles. The smallest absolute Gasteiger partial charge is 0.323 e. The summed E-state index contributed by atoms with van der Waals surface area (Å²) in [6, 6.07) is 7.30. The van der Waals surface area contributed by atoms with Crippen LogP contribution in [0, 0.1) is 32.4 Å². The van der Waals surface area contributed by atoms with Crippen LogP contribution in [0.2, 0.25) is 0 Å². The maximum atomic E-state index is 15.4. The molecule has 1 atom stereocenters. The molecule has 2 aromatic carbocycles. The highest BCUT2D eigenvalue weighted by molar-refractivity contribution is 7.89. The number of hydrogen-bond acceptors (Lipinski definition) is 7. The number of amides is 1. The lowest BCUT2D eigenvalue weighted by Gasteiger charge is -2.18. The molecule has 4 rings (SSSR count). The number of carboxylic acids is 1. The molecule has 43 heavy (non-hydrogen) atoms. The Balaban J connectivity index is 1.58. The van der Waals surface area contributed by atoms with Gasteiger partial charge in [-0.1, -0.05) is 23.8 Å². The minimum atomic E-state index is -4.32. The molecule has 0 spiro atoms. The Morgan fingerprint density at radius 3 is 2.37 bits per heavy atom. The van der Waals surface area contributed by atoms with Crippen LogP contribution >= 0.6 is 0 Å². The maximum absolute atomic E-state index is 15.4. The van der Waals surface area contributed by atoms with E-state index in [1.54, 1.807) is 51.1 Å². The molecular weight excluding hydrogens is 584 g/mol. The number of anilines is 1. The summed E-state index contributed by atoms with van der Waals surface area (Å²) >= 11 is 0. The number of halogens is 2. The van der Waals surface area contributed by atoms with E-state index in [0.717, 1.165) is 22.4 Å². The number of nitrogens with one attached hydrogen (secondary N) is 3. The summed E-state index contributed by atoms with van der Waals surface area (Å²) in [6.45, 7) is 3.95. The second kappa shape index (κ2) is 12.3. The number of carbonyl (C=O) groups is 2. The predicted molar refractivity (Wildman–Crippen MR) is 155 cm³/mol. The van der Waals surface area contributed by atoms with Crippen molar-refractivity contribution in [1.29, 1.82) is 0 Å². The van der Waals surface area contributed by atoms with Gasteiger partial charge in [-0.2, -0.15) is 4.72 Å². The number of pyridine rings is 2. The van der Waals surface area contributed by atoms with Crippen LogP contribution in [0.1, 0.15) is 32.6 Å². The highest BCUT2D eigenvalue weighted by atomic mass is 32.2. The number of aromatic nitrogens is 2. The second-order valence-corrected chi connectivity index (χ2v) is 11.7. The van der Waals surface area contributed by atoms with Crippen molar-refractivity contribution >= 4 is 38.6 Å². The lowest BCUT2D eigenvalue weighted by molar-refractivity contribution is -0.138. The van der Waals surface area contributed by atoms with E-state index in [1.807, 2.05) is 0 Å². The van der Waals surface area contributed by atoms with Crippen molar-refractivity contribution in [3.05, 3.63) is 98.5 Å². The van der Waals surface area contributed by atoms with Crippen LogP contribution in [0.3, 0.4) is 0 Å². The fourth-order valence-corrected chi connectivity index (χ4v) is 6.55. The van der Waals surface area contributed by atoms with Gasteiger partial charge in [0.2, 0.25) is 15.5 Å². The molecule has 0 aliphatic rings. The molecule has 0 aliphatic heterocycles. The molecule has 14 heteroatoms. The van der Waals surface area contributed by atoms with Crippen molar-refractivity contribution in [2.45, 2.75) is 38.3 Å². The predicted octanol–water partition coefficient (Wildman–Crippen LogP) is 2.91. The first kappa shape index (κ1) is 31.3. The van der Waals surface area contributed by atoms with Crippen molar-refractivity contribution in [1.82, 2.24) is 19.6 Å². The molecule has 2 aromatic heterocycles. The van der Waals surface area contributed by atoms with Crippen LogP contribution in [0.4, 0.5) is 14.6 Å². The van der Waals surface area contributed by atoms with E-state index in [-0.39, 0.29) is 22.5 Å². The molecule has 11 nitrogen and oxygen atoms in total. The van der Waals surface area contributed by atoms with E-state index in [1.165, 1.54) is 13.2 Å². The summed E-state index contributed by atoms with van der Waals surface area (Å²) in [7, 11) is -2.96. The number of carboxylic acid groups (broad SMARTS) is 1. The molecule has 0 fully saturated rings. The molecule has 1 unspecified atom stereocenters. The van der Waals surface area contributed by atoms with E-state index < -0.39 is 62.5 Å². The van der Waals surface area contributed by atoms with Crippen LogP contribution in [0.25, 0.3) is 10.9 Å². The minimum absolute atomic E-state index is 0.0854. The first-order valence-corrected chi connectivity index (χ1v) is 14.5. The Morgan fingerprint density at radius 2 is 1.77 bits per heavy atom. The molecular formula is C29H29F2N5O6S. The van der Waals surface area contributed by atoms with Gasteiger partial charge in [0, 0.05) is 38.1 Å². The number of aryl methyl sites for hydroxylation is 4. The zero-order valence-electron chi connectivity index (χ0n) is 23.7. The largest absolute Gasteiger partial charge is 0.480 e. The number of carbonyl (C=O) groups excluding carboxylic acids is 1. The van der Waals surface area contributed by atoms with Crippen LogP contribution in [0.5, 0.6) is 0 Å². The Morgan fingerprint density at radius 1 is 1.09 bits per heavy atom. The van der Waals surface area contributed by atoms with Crippen molar-refractivity contribution in [3.63, 3.8) is 0 Å². The summed E-state index contributed by atoms with van der Waals surface area (Å²) in [5.41, 5.74) is -0.468. The van der Waals surface area contributed by atoms with Crippen molar-refractivity contribution in [3.8, 4) is 0 Å². The summed E-state index contributed by atoms with van der Waals surface area (Å²) in [4.78, 5) is 42.0. The number of aliphatic carboxylic acids is 1. The third-order valence-corrected chi connectivity index (χ3v) is 8.52. The SMILES string of the molecule is Cc1cc(C)c(S(=O)(=O)NC(CNC(=O)c2cn(C)c3c(F)c(CNc4ccccn4)c(F)cc3c2=O)C(=O)O)c(C)c1. The lowest BCUT2D eigenvalue weighted by atomic mass is 10.1. The lowest BCUT2D eigenvalue weighted by Crippen LogP contribution is -2.49. The zero-order chi connectivity index (χ0) is 31.6.